The molecule has 1 amide bonds. The normalized spacial score (nSPS) is 31.8. The van der Waals surface area contributed by atoms with Crippen molar-refractivity contribution in [2.45, 2.75) is 44.2 Å². The van der Waals surface area contributed by atoms with Crippen molar-refractivity contribution in [3.05, 3.63) is 12.2 Å². The van der Waals surface area contributed by atoms with Crippen LogP contribution in [0.5, 0.6) is 0 Å². The van der Waals surface area contributed by atoms with E-state index < -0.39 is 0 Å². The fourth-order valence-electron chi connectivity index (χ4n) is 2.61. The molecule has 4 nitrogen and oxygen atoms in total. The van der Waals surface area contributed by atoms with Gasteiger partial charge in [0.2, 0.25) is 0 Å². The number of nitrogens with zero attached hydrogens (tertiary/aromatic N) is 1. The van der Waals surface area contributed by atoms with Crippen molar-refractivity contribution in [3.63, 3.8) is 0 Å². The number of hydroxylamine groups is 1. The van der Waals surface area contributed by atoms with Gasteiger partial charge in [0.1, 0.15) is 0 Å². The molecular weight excluding hydrogens is 192 g/mol. The molecule has 0 aromatic heterocycles. The van der Waals surface area contributed by atoms with Crippen LogP contribution in [-0.2, 0) is 4.79 Å². The molecule has 1 aliphatic carbocycles. The molecule has 1 unspecified atom stereocenters. The van der Waals surface area contributed by atoms with Crippen LogP contribution < -0.4 is 5.48 Å². The van der Waals surface area contributed by atoms with Crippen molar-refractivity contribution in [2.75, 3.05) is 6.54 Å². The third-order valence-electron chi connectivity index (χ3n) is 3.36. The molecule has 2 atom stereocenters. The fourth-order valence-corrected chi connectivity index (χ4v) is 2.61. The number of hydrogen-bond acceptors (Lipinski definition) is 3. The van der Waals surface area contributed by atoms with E-state index in [1.165, 1.54) is 6.42 Å². The van der Waals surface area contributed by atoms with Crippen LogP contribution in [0.2, 0.25) is 0 Å². The maximum absolute atomic E-state index is 11.4. The molecule has 0 spiro atoms. The monoisotopic (exact) mass is 210 g/mol. The van der Waals surface area contributed by atoms with Gasteiger partial charge in [-0.15, -0.1) is 0 Å². The zero-order valence-corrected chi connectivity index (χ0v) is 8.85. The summed E-state index contributed by atoms with van der Waals surface area (Å²) in [4.78, 5) is 13.6. The van der Waals surface area contributed by atoms with Gasteiger partial charge >= 0.3 is 0 Å². The minimum Gasteiger partial charge on any atom is -0.289 e. The van der Waals surface area contributed by atoms with E-state index in [-0.39, 0.29) is 11.9 Å². The van der Waals surface area contributed by atoms with Crippen molar-refractivity contribution in [2.24, 2.45) is 0 Å². The molecule has 0 radical (unpaired) electrons. The summed E-state index contributed by atoms with van der Waals surface area (Å²) < 4.78 is 0. The van der Waals surface area contributed by atoms with Crippen LogP contribution in [0.4, 0.5) is 0 Å². The van der Waals surface area contributed by atoms with Crippen molar-refractivity contribution in [1.82, 2.24) is 10.4 Å². The number of hydrogen-bond donors (Lipinski definition) is 2. The Morgan fingerprint density at radius 1 is 1.40 bits per heavy atom. The summed E-state index contributed by atoms with van der Waals surface area (Å²) in [6.07, 6.45) is 9.78. The number of allylic oxidation sites excluding steroid dienone is 1. The first kappa shape index (κ1) is 10.6. The lowest BCUT2D eigenvalue weighted by molar-refractivity contribution is -0.134. The smallest absolute Gasteiger partial charge is 0.260 e. The Kier molecular flexibility index (Phi) is 3.38. The molecule has 0 saturated carbocycles. The van der Waals surface area contributed by atoms with Gasteiger partial charge in [-0.2, -0.15) is 0 Å². The zero-order valence-electron chi connectivity index (χ0n) is 8.85. The number of amides is 1. The topological polar surface area (TPSA) is 52.6 Å². The summed E-state index contributed by atoms with van der Waals surface area (Å²) in [5, 5.41) is 8.67. The van der Waals surface area contributed by atoms with Crippen LogP contribution in [0.15, 0.2) is 12.2 Å². The van der Waals surface area contributed by atoms with Crippen LogP contribution in [0.25, 0.3) is 0 Å². The number of carbonyl (C=O) groups excluding carboxylic acids is 1. The molecule has 2 N–H and O–H groups in total. The van der Waals surface area contributed by atoms with E-state index in [0.29, 0.717) is 6.04 Å². The Labute approximate surface area is 89.9 Å². The van der Waals surface area contributed by atoms with Gasteiger partial charge in [-0.3, -0.25) is 14.9 Å². The van der Waals surface area contributed by atoms with Crippen LogP contribution >= 0.6 is 0 Å². The molecule has 1 fully saturated rings. The highest BCUT2D eigenvalue weighted by Gasteiger charge is 2.34. The standard InChI is InChI=1S/C11H18N2O2/c14-11(12-15)10-7-4-8-13(10)9-5-2-1-3-6-9/h2,5,9-10,15H,1,3-4,6-8H2,(H,12,14)/t9?,10-/m0/s1. The average Bonchev–Trinajstić information content (AvgIpc) is 2.78. The van der Waals surface area contributed by atoms with E-state index in [1.807, 2.05) is 0 Å². The van der Waals surface area contributed by atoms with Crippen molar-refractivity contribution in [3.8, 4) is 0 Å². The van der Waals surface area contributed by atoms with Gasteiger partial charge in [-0.1, -0.05) is 12.2 Å². The van der Waals surface area contributed by atoms with Crippen LogP contribution in [0, 0.1) is 0 Å². The maximum atomic E-state index is 11.4. The fraction of sp³-hybridized carbons (Fsp3) is 0.727. The number of carbonyl (C=O) groups is 1. The quantitative estimate of drug-likeness (QED) is 0.407. The molecule has 0 aromatic rings. The summed E-state index contributed by atoms with van der Waals surface area (Å²) >= 11 is 0. The van der Waals surface area contributed by atoms with E-state index in [4.69, 9.17) is 5.21 Å². The molecule has 1 saturated heterocycles. The third-order valence-corrected chi connectivity index (χ3v) is 3.36. The first-order valence-electron chi connectivity index (χ1n) is 5.69. The molecular formula is C11H18N2O2. The maximum Gasteiger partial charge on any atom is 0.260 e. The van der Waals surface area contributed by atoms with Crippen molar-refractivity contribution in [1.29, 1.82) is 0 Å². The second-order valence-corrected chi connectivity index (χ2v) is 4.30. The van der Waals surface area contributed by atoms with Crippen LogP contribution in [-0.4, -0.2) is 34.6 Å². The summed E-state index contributed by atoms with van der Waals surface area (Å²) in [5.74, 6) is -0.258. The number of nitrogens with one attached hydrogen (secondary N) is 1. The second-order valence-electron chi connectivity index (χ2n) is 4.30. The molecule has 1 aliphatic heterocycles. The summed E-state index contributed by atoms with van der Waals surface area (Å²) in [6, 6.07) is 0.256. The Morgan fingerprint density at radius 3 is 2.93 bits per heavy atom. The lowest BCUT2D eigenvalue weighted by Gasteiger charge is -2.31. The molecule has 4 heteroatoms. The Bertz CT molecular complexity index is 265. The molecule has 2 aliphatic rings. The van der Waals surface area contributed by atoms with Crippen molar-refractivity contribution < 1.29 is 10.0 Å². The Hall–Kier alpha value is -0.870. The summed E-state index contributed by atoms with van der Waals surface area (Å²) in [6.45, 7) is 0.965. The number of rotatable bonds is 2. The molecule has 2 rings (SSSR count). The number of likely N-dealkylation sites (tertiary alicyclic amines) is 1. The molecule has 1 heterocycles. The highest BCUT2D eigenvalue weighted by atomic mass is 16.5. The van der Waals surface area contributed by atoms with E-state index in [9.17, 15) is 4.79 Å². The zero-order chi connectivity index (χ0) is 10.7. The predicted molar refractivity (Wildman–Crippen MR) is 56.4 cm³/mol. The highest BCUT2D eigenvalue weighted by Crippen LogP contribution is 2.25. The SMILES string of the molecule is O=C(NO)[C@@H]1CCCN1C1C=CCCC1. The van der Waals surface area contributed by atoms with Gasteiger partial charge in [0.15, 0.2) is 0 Å². The average molecular weight is 210 g/mol. The Balaban J connectivity index is 2.03. The molecule has 0 aromatic carbocycles. The van der Waals surface area contributed by atoms with Gasteiger partial charge in [-0.05, 0) is 38.6 Å². The second kappa shape index (κ2) is 4.77. The Morgan fingerprint density at radius 2 is 2.27 bits per heavy atom. The van der Waals surface area contributed by atoms with Gasteiger partial charge in [0.25, 0.3) is 5.91 Å². The summed E-state index contributed by atoms with van der Waals surface area (Å²) in [7, 11) is 0. The minimum absolute atomic E-state index is 0.136. The van der Waals surface area contributed by atoms with Gasteiger partial charge in [0, 0.05) is 6.04 Å². The molecule has 15 heavy (non-hydrogen) atoms. The lowest BCUT2D eigenvalue weighted by atomic mass is 10.0. The third kappa shape index (κ3) is 2.21. The van der Waals surface area contributed by atoms with Crippen LogP contribution in [0.1, 0.15) is 32.1 Å². The van der Waals surface area contributed by atoms with Gasteiger partial charge in [-0.25, -0.2) is 5.48 Å². The predicted octanol–water partition coefficient (Wildman–Crippen LogP) is 1.06. The molecule has 84 valence electrons. The van der Waals surface area contributed by atoms with E-state index in [1.54, 1.807) is 5.48 Å². The van der Waals surface area contributed by atoms with Gasteiger partial charge in [0.05, 0.1) is 6.04 Å². The largest absolute Gasteiger partial charge is 0.289 e. The highest BCUT2D eigenvalue weighted by molar-refractivity contribution is 5.80. The van der Waals surface area contributed by atoms with Crippen LogP contribution in [0.3, 0.4) is 0 Å². The van der Waals surface area contributed by atoms with E-state index in [2.05, 4.69) is 17.1 Å². The van der Waals surface area contributed by atoms with Gasteiger partial charge < -0.3 is 0 Å². The van der Waals surface area contributed by atoms with E-state index in [0.717, 1.165) is 32.2 Å². The lowest BCUT2D eigenvalue weighted by Crippen LogP contribution is -2.46. The van der Waals surface area contributed by atoms with E-state index >= 15 is 0 Å². The van der Waals surface area contributed by atoms with Crippen molar-refractivity contribution >= 4 is 5.91 Å². The minimum atomic E-state index is -0.258. The first-order chi connectivity index (χ1) is 7.33. The first-order valence-corrected chi connectivity index (χ1v) is 5.69. The molecule has 0 bridgehead atoms. The summed E-state index contributed by atoms with van der Waals surface area (Å²) in [5.41, 5.74) is 1.77.